The van der Waals surface area contributed by atoms with Gasteiger partial charge in [-0.1, -0.05) is 12.1 Å². The summed E-state index contributed by atoms with van der Waals surface area (Å²) in [5.74, 6) is 1.06. The molecular formula is C24H16F3NO3. The van der Waals surface area contributed by atoms with E-state index in [1.165, 1.54) is 31.5 Å². The Balaban J connectivity index is 1.95. The number of aromatic nitrogens is 1. The van der Waals surface area contributed by atoms with Gasteiger partial charge in [-0.25, -0.2) is 0 Å². The molecule has 5 rings (SSSR count). The second-order valence-corrected chi connectivity index (χ2v) is 7.08. The number of fused-ring (bicyclic) bond motifs is 3. The van der Waals surface area contributed by atoms with Crippen molar-refractivity contribution in [3.63, 3.8) is 0 Å². The lowest BCUT2D eigenvalue weighted by molar-refractivity contribution is -0.136. The fourth-order valence-electron chi connectivity index (χ4n) is 4.05. The molecule has 2 heterocycles. The summed E-state index contributed by atoms with van der Waals surface area (Å²) in [6.07, 6.45) is -1.45. The van der Waals surface area contributed by atoms with Crippen LogP contribution in [0, 0.1) is 0 Å². The molecule has 0 radical (unpaired) electrons. The molecule has 2 aromatic heterocycles. The van der Waals surface area contributed by atoms with Crippen LogP contribution in [0.2, 0.25) is 0 Å². The van der Waals surface area contributed by atoms with Gasteiger partial charge in [-0.15, -0.1) is 0 Å². The van der Waals surface area contributed by atoms with E-state index >= 15 is 0 Å². The highest BCUT2D eigenvalue weighted by molar-refractivity contribution is 6.15. The van der Waals surface area contributed by atoms with Crippen LogP contribution in [-0.4, -0.2) is 19.2 Å². The zero-order valence-corrected chi connectivity index (χ0v) is 16.6. The van der Waals surface area contributed by atoms with Crippen LogP contribution in [0.3, 0.4) is 0 Å². The fraction of sp³-hybridized carbons (Fsp3) is 0.125. The van der Waals surface area contributed by atoms with Crippen molar-refractivity contribution in [1.82, 2.24) is 4.98 Å². The fourth-order valence-corrected chi connectivity index (χ4v) is 4.05. The maximum Gasteiger partial charge on any atom is 0.417 e. The minimum atomic E-state index is -4.49. The monoisotopic (exact) mass is 423 g/mol. The zero-order valence-electron chi connectivity index (χ0n) is 16.6. The SMILES string of the molecule is COc1cc2cc3ccoc3c(-c3ccc(C(F)(F)F)c4cccnc34)c2cc1OC. The van der Waals surface area contributed by atoms with Crippen LogP contribution in [0.15, 0.2) is 65.4 Å². The predicted molar refractivity (Wildman–Crippen MR) is 113 cm³/mol. The molecule has 0 fully saturated rings. The lowest BCUT2D eigenvalue weighted by Crippen LogP contribution is -2.06. The molecule has 0 amide bonds. The molecule has 4 nitrogen and oxygen atoms in total. The van der Waals surface area contributed by atoms with E-state index in [0.717, 1.165) is 22.2 Å². The number of benzene rings is 3. The third-order valence-electron chi connectivity index (χ3n) is 5.40. The van der Waals surface area contributed by atoms with E-state index in [4.69, 9.17) is 13.9 Å². The summed E-state index contributed by atoms with van der Waals surface area (Å²) in [6.45, 7) is 0. The first-order chi connectivity index (χ1) is 14.9. The van der Waals surface area contributed by atoms with Crippen molar-refractivity contribution < 1.29 is 27.1 Å². The molecule has 0 aliphatic rings. The number of ether oxygens (including phenoxy) is 2. The van der Waals surface area contributed by atoms with Crippen molar-refractivity contribution in [3.05, 3.63) is 66.6 Å². The number of rotatable bonds is 3. The number of hydrogen-bond acceptors (Lipinski definition) is 4. The highest BCUT2D eigenvalue weighted by Gasteiger charge is 2.33. The topological polar surface area (TPSA) is 44.5 Å². The lowest BCUT2D eigenvalue weighted by atomic mass is 9.92. The van der Waals surface area contributed by atoms with Gasteiger partial charge in [0.2, 0.25) is 0 Å². The van der Waals surface area contributed by atoms with Crippen molar-refractivity contribution in [3.8, 4) is 22.6 Å². The Kier molecular flexibility index (Phi) is 4.28. The first kappa shape index (κ1) is 19.2. The molecular weight excluding hydrogens is 407 g/mol. The van der Waals surface area contributed by atoms with Gasteiger partial charge >= 0.3 is 6.18 Å². The van der Waals surface area contributed by atoms with E-state index in [2.05, 4.69) is 4.98 Å². The van der Waals surface area contributed by atoms with E-state index in [1.807, 2.05) is 18.2 Å². The third kappa shape index (κ3) is 2.96. The minimum Gasteiger partial charge on any atom is -0.493 e. The van der Waals surface area contributed by atoms with Gasteiger partial charge in [0.05, 0.1) is 31.6 Å². The molecule has 0 saturated carbocycles. The van der Waals surface area contributed by atoms with E-state index in [9.17, 15) is 13.2 Å². The molecule has 0 bridgehead atoms. The molecule has 0 saturated heterocycles. The minimum absolute atomic E-state index is 0.0321. The predicted octanol–water partition coefficient (Wildman–Crippen LogP) is 6.84. The number of nitrogens with zero attached hydrogens (tertiary/aromatic N) is 1. The Hall–Kier alpha value is -3.74. The maximum absolute atomic E-state index is 13.6. The molecule has 0 aliphatic carbocycles. The molecule has 0 spiro atoms. The van der Waals surface area contributed by atoms with Crippen molar-refractivity contribution in [2.75, 3.05) is 14.2 Å². The summed E-state index contributed by atoms with van der Waals surface area (Å²) < 4.78 is 57.5. The average Bonchev–Trinajstić information content (AvgIpc) is 3.23. The zero-order chi connectivity index (χ0) is 21.8. The van der Waals surface area contributed by atoms with Crippen LogP contribution < -0.4 is 9.47 Å². The number of halogens is 3. The second-order valence-electron chi connectivity index (χ2n) is 7.08. The molecule has 7 heteroatoms. The largest absolute Gasteiger partial charge is 0.493 e. The molecule has 0 atom stereocenters. The summed E-state index contributed by atoms with van der Waals surface area (Å²) in [5.41, 5.74) is 1.27. The molecule has 3 aromatic carbocycles. The molecule has 31 heavy (non-hydrogen) atoms. The molecule has 0 N–H and O–H groups in total. The Labute approximate surface area is 174 Å². The maximum atomic E-state index is 13.6. The molecule has 5 aromatic rings. The van der Waals surface area contributed by atoms with Crippen LogP contribution in [0.5, 0.6) is 11.5 Å². The number of alkyl halides is 3. The van der Waals surface area contributed by atoms with Gasteiger partial charge in [0, 0.05) is 28.1 Å². The van der Waals surface area contributed by atoms with Gasteiger partial charge in [-0.05, 0) is 47.2 Å². The van der Waals surface area contributed by atoms with E-state index < -0.39 is 11.7 Å². The first-order valence-corrected chi connectivity index (χ1v) is 9.43. The highest BCUT2D eigenvalue weighted by atomic mass is 19.4. The molecule has 0 aliphatic heterocycles. The van der Waals surface area contributed by atoms with Gasteiger partial charge in [0.1, 0.15) is 5.58 Å². The Morgan fingerprint density at radius 1 is 0.871 bits per heavy atom. The third-order valence-corrected chi connectivity index (χ3v) is 5.40. The second kappa shape index (κ2) is 6.91. The quantitative estimate of drug-likeness (QED) is 0.319. The smallest absolute Gasteiger partial charge is 0.417 e. The van der Waals surface area contributed by atoms with Crippen LogP contribution in [-0.2, 0) is 6.18 Å². The Morgan fingerprint density at radius 3 is 2.39 bits per heavy atom. The van der Waals surface area contributed by atoms with Gasteiger partial charge in [0.15, 0.2) is 11.5 Å². The number of furan rings is 1. The first-order valence-electron chi connectivity index (χ1n) is 9.43. The van der Waals surface area contributed by atoms with E-state index in [-0.39, 0.29) is 10.9 Å². The highest BCUT2D eigenvalue weighted by Crippen LogP contribution is 2.45. The van der Waals surface area contributed by atoms with Gasteiger partial charge < -0.3 is 13.9 Å². The number of hydrogen-bond donors (Lipinski definition) is 0. The van der Waals surface area contributed by atoms with Gasteiger partial charge in [0.25, 0.3) is 0 Å². The van der Waals surface area contributed by atoms with Crippen molar-refractivity contribution in [1.29, 1.82) is 0 Å². The van der Waals surface area contributed by atoms with Crippen molar-refractivity contribution in [2.24, 2.45) is 0 Å². The van der Waals surface area contributed by atoms with Crippen LogP contribution in [0.25, 0.3) is 43.8 Å². The summed E-state index contributed by atoms with van der Waals surface area (Å²) in [5, 5.41) is 2.45. The number of pyridine rings is 1. The van der Waals surface area contributed by atoms with Crippen LogP contribution in [0.4, 0.5) is 13.2 Å². The van der Waals surface area contributed by atoms with Crippen molar-refractivity contribution in [2.45, 2.75) is 6.18 Å². The summed E-state index contributed by atoms with van der Waals surface area (Å²) in [6, 6.07) is 12.9. The Morgan fingerprint density at radius 2 is 1.65 bits per heavy atom. The normalized spacial score (nSPS) is 12.0. The summed E-state index contributed by atoms with van der Waals surface area (Å²) in [4.78, 5) is 4.31. The van der Waals surface area contributed by atoms with E-state index in [1.54, 1.807) is 19.4 Å². The van der Waals surface area contributed by atoms with Gasteiger partial charge in [-0.3, -0.25) is 4.98 Å². The standard InChI is InChI=1S/C24H16F3NO3/c1-29-19-11-14-10-13-7-9-31-23(13)21(17(14)12-20(19)30-2)16-5-6-18(24(25,26)27)15-4-3-8-28-22(15)16/h3-12H,1-2H3. The molecule has 156 valence electrons. The summed E-state index contributed by atoms with van der Waals surface area (Å²) >= 11 is 0. The van der Waals surface area contributed by atoms with Crippen molar-refractivity contribution >= 4 is 32.6 Å². The lowest BCUT2D eigenvalue weighted by Gasteiger charge is -2.16. The summed E-state index contributed by atoms with van der Waals surface area (Å²) in [7, 11) is 3.08. The average molecular weight is 423 g/mol. The van der Waals surface area contributed by atoms with Gasteiger partial charge in [-0.2, -0.15) is 13.2 Å². The number of methoxy groups -OCH3 is 2. The molecule has 0 unspecified atom stereocenters. The Bertz CT molecular complexity index is 1450. The van der Waals surface area contributed by atoms with Crippen LogP contribution in [0.1, 0.15) is 5.56 Å². The van der Waals surface area contributed by atoms with Crippen LogP contribution >= 0.6 is 0 Å². The van der Waals surface area contributed by atoms with E-state index in [0.29, 0.717) is 28.2 Å².